The minimum absolute atomic E-state index is 0.154. The Morgan fingerprint density at radius 3 is 2.37 bits per heavy atom. The highest BCUT2D eigenvalue weighted by Crippen LogP contribution is 2.43. The number of hydrogen-bond donors (Lipinski definition) is 1. The van der Waals surface area contributed by atoms with E-state index in [1.54, 1.807) is 0 Å². The maximum atomic E-state index is 12.4. The van der Waals surface area contributed by atoms with E-state index in [9.17, 15) is 9.59 Å². The maximum Gasteiger partial charge on any atom is 0.303 e. The second-order valence-corrected chi connectivity index (χ2v) is 6.39. The summed E-state index contributed by atoms with van der Waals surface area (Å²) >= 11 is 0. The summed E-state index contributed by atoms with van der Waals surface area (Å²) in [4.78, 5) is 25.5. The monoisotopic (exact) mass is 267 g/mol. The Morgan fingerprint density at radius 1 is 1.16 bits per heavy atom. The smallest absolute Gasteiger partial charge is 0.303 e. The highest BCUT2D eigenvalue weighted by atomic mass is 16.4. The number of likely N-dealkylation sites (tertiary alicyclic amines) is 1. The molecular formula is C15H25NO3. The van der Waals surface area contributed by atoms with Crippen molar-refractivity contribution in [2.75, 3.05) is 6.54 Å². The van der Waals surface area contributed by atoms with Crippen LogP contribution < -0.4 is 0 Å². The van der Waals surface area contributed by atoms with Gasteiger partial charge in [-0.3, -0.25) is 9.59 Å². The van der Waals surface area contributed by atoms with Crippen LogP contribution in [0.15, 0.2) is 0 Å². The first-order chi connectivity index (χ1) is 9.02. The highest BCUT2D eigenvalue weighted by molar-refractivity contribution is 5.78. The first-order valence-corrected chi connectivity index (χ1v) is 7.54. The van der Waals surface area contributed by atoms with Crippen molar-refractivity contribution in [2.24, 2.45) is 5.41 Å². The standard InChI is InChI=1S/C15H25NO3/c1-12-6-5-9-16(12)13(17)10-15(11-14(18)19)7-3-2-4-8-15/h12H,2-11H2,1H3,(H,18,19). The van der Waals surface area contributed by atoms with Crippen LogP contribution in [0, 0.1) is 5.41 Å². The third kappa shape index (κ3) is 3.48. The molecule has 0 aromatic heterocycles. The van der Waals surface area contributed by atoms with Crippen LogP contribution in [0.3, 0.4) is 0 Å². The summed E-state index contributed by atoms with van der Waals surface area (Å²) in [5, 5.41) is 9.14. The zero-order valence-corrected chi connectivity index (χ0v) is 11.9. The number of amides is 1. The number of aliphatic carboxylic acids is 1. The van der Waals surface area contributed by atoms with Crippen LogP contribution in [-0.2, 0) is 9.59 Å². The fourth-order valence-corrected chi connectivity index (χ4v) is 3.76. The van der Waals surface area contributed by atoms with Crippen molar-refractivity contribution in [2.45, 2.75) is 70.8 Å². The van der Waals surface area contributed by atoms with Gasteiger partial charge in [-0.05, 0) is 38.0 Å². The van der Waals surface area contributed by atoms with E-state index in [4.69, 9.17) is 5.11 Å². The Kier molecular flexibility index (Phi) is 4.48. The van der Waals surface area contributed by atoms with E-state index in [-0.39, 0.29) is 17.7 Å². The van der Waals surface area contributed by atoms with Gasteiger partial charge in [0.2, 0.25) is 5.91 Å². The summed E-state index contributed by atoms with van der Waals surface area (Å²) in [6.07, 6.45) is 7.85. The molecule has 0 aromatic carbocycles. The van der Waals surface area contributed by atoms with Gasteiger partial charge in [0.25, 0.3) is 0 Å². The molecule has 1 N–H and O–H groups in total. The third-order valence-corrected chi connectivity index (χ3v) is 4.84. The number of carbonyl (C=O) groups is 2. The SMILES string of the molecule is CC1CCCN1C(=O)CC1(CC(=O)O)CCCCC1. The van der Waals surface area contributed by atoms with Crippen molar-refractivity contribution in [3.8, 4) is 0 Å². The molecule has 1 saturated carbocycles. The average molecular weight is 267 g/mol. The lowest BCUT2D eigenvalue weighted by Gasteiger charge is -2.37. The molecule has 1 heterocycles. The number of carboxylic acid groups (broad SMARTS) is 1. The van der Waals surface area contributed by atoms with Gasteiger partial charge >= 0.3 is 5.97 Å². The Bertz CT molecular complexity index is 347. The molecule has 0 radical (unpaired) electrons. The first-order valence-electron chi connectivity index (χ1n) is 7.54. The van der Waals surface area contributed by atoms with Crippen molar-refractivity contribution in [3.63, 3.8) is 0 Å². The number of nitrogens with zero attached hydrogens (tertiary/aromatic N) is 1. The van der Waals surface area contributed by atoms with Gasteiger partial charge in [-0.25, -0.2) is 0 Å². The maximum absolute atomic E-state index is 12.4. The van der Waals surface area contributed by atoms with Crippen LogP contribution in [0.5, 0.6) is 0 Å². The van der Waals surface area contributed by atoms with Crippen molar-refractivity contribution in [1.29, 1.82) is 0 Å². The van der Waals surface area contributed by atoms with Crippen LogP contribution in [0.25, 0.3) is 0 Å². The van der Waals surface area contributed by atoms with Crippen molar-refractivity contribution in [1.82, 2.24) is 4.90 Å². The Hall–Kier alpha value is -1.06. The molecule has 2 fully saturated rings. The summed E-state index contributed by atoms with van der Waals surface area (Å²) in [7, 11) is 0. The molecule has 108 valence electrons. The molecule has 1 unspecified atom stereocenters. The van der Waals surface area contributed by atoms with E-state index < -0.39 is 5.97 Å². The number of carbonyl (C=O) groups excluding carboxylic acids is 1. The Labute approximate surface area is 115 Å². The van der Waals surface area contributed by atoms with Gasteiger partial charge < -0.3 is 10.0 Å². The minimum atomic E-state index is -0.760. The van der Waals surface area contributed by atoms with E-state index in [0.29, 0.717) is 12.5 Å². The summed E-state index contributed by atoms with van der Waals surface area (Å²) in [5.74, 6) is -0.586. The predicted octanol–water partition coefficient (Wildman–Crippen LogP) is 2.81. The van der Waals surface area contributed by atoms with Crippen LogP contribution in [-0.4, -0.2) is 34.5 Å². The molecular weight excluding hydrogens is 242 g/mol. The molecule has 1 saturated heterocycles. The third-order valence-electron chi connectivity index (χ3n) is 4.84. The quantitative estimate of drug-likeness (QED) is 0.852. The van der Waals surface area contributed by atoms with Crippen molar-refractivity contribution >= 4 is 11.9 Å². The minimum Gasteiger partial charge on any atom is -0.481 e. The molecule has 1 atom stereocenters. The fraction of sp³-hybridized carbons (Fsp3) is 0.867. The molecule has 1 amide bonds. The van der Waals surface area contributed by atoms with E-state index in [1.807, 2.05) is 4.90 Å². The Balaban J connectivity index is 2.02. The van der Waals surface area contributed by atoms with E-state index in [0.717, 1.165) is 45.1 Å². The molecule has 4 heteroatoms. The highest BCUT2D eigenvalue weighted by Gasteiger charge is 2.38. The van der Waals surface area contributed by atoms with Gasteiger partial charge in [-0.15, -0.1) is 0 Å². The first kappa shape index (κ1) is 14.4. The second-order valence-electron chi connectivity index (χ2n) is 6.39. The van der Waals surface area contributed by atoms with Gasteiger partial charge in [0.05, 0.1) is 6.42 Å². The van der Waals surface area contributed by atoms with Gasteiger partial charge in [0.15, 0.2) is 0 Å². The average Bonchev–Trinajstić information content (AvgIpc) is 2.75. The molecule has 4 nitrogen and oxygen atoms in total. The summed E-state index contributed by atoms with van der Waals surface area (Å²) in [6, 6.07) is 0.331. The lowest BCUT2D eigenvalue weighted by atomic mass is 9.69. The summed E-state index contributed by atoms with van der Waals surface area (Å²) < 4.78 is 0. The largest absolute Gasteiger partial charge is 0.481 e. The van der Waals surface area contributed by atoms with Crippen LogP contribution in [0.4, 0.5) is 0 Å². The van der Waals surface area contributed by atoms with Gasteiger partial charge in [-0.2, -0.15) is 0 Å². The molecule has 2 rings (SSSR count). The summed E-state index contributed by atoms with van der Waals surface area (Å²) in [6.45, 7) is 2.94. The molecule has 19 heavy (non-hydrogen) atoms. The molecule has 0 spiro atoms. The lowest BCUT2D eigenvalue weighted by molar-refractivity contribution is -0.142. The fourth-order valence-electron chi connectivity index (χ4n) is 3.76. The zero-order valence-electron chi connectivity index (χ0n) is 11.9. The van der Waals surface area contributed by atoms with Crippen LogP contribution in [0.1, 0.15) is 64.7 Å². The Morgan fingerprint density at radius 2 is 1.84 bits per heavy atom. The van der Waals surface area contributed by atoms with Gasteiger partial charge in [-0.1, -0.05) is 19.3 Å². The normalized spacial score (nSPS) is 26.4. The van der Waals surface area contributed by atoms with Gasteiger partial charge in [0, 0.05) is 19.0 Å². The lowest BCUT2D eigenvalue weighted by Crippen LogP contribution is -2.39. The number of carboxylic acids is 1. The van der Waals surface area contributed by atoms with E-state index in [2.05, 4.69) is 6.92 Å². The van der Waals surface area contributed by atoms with Crippen LogP contribution in [0.2, 0.25) is 0 Å². The molecule has 1 aliphatic heterocycles. The topological polar surface area (TPSA) is 57.6 Å². The molecule has 0 bridgehead atoms. The molecule has 2 aliphatic rings. The zero-order chi connectivity index (χ0) is 13.9. The summed E-state index contributed by atoms with van der Waals surface area (Å²) in [5.41, 5.74) is -0.274. The number of rotatable bonds is 4. The second kappa shape index (κ2) is 5.93. The van der Waals surface area contributed by atoms with Crippen molar-refractivity contribution < 1.29 is 14.7 Å². The predicted molar refractivity (Wildman–Crippen MR) is 72.8 cm³/mol. The molecule has 1 aliphatic carbocycles. The van der Waals surface area contributed by atoms with E-state index >= 15 is 0 Å². The number of hydrogen-bond acceptors (Lipinski definition) is 2. The van der Waals surface area contributed by atoms with Crippen molar-refractivity contribution in [3.05, 3.63) is 0 Å². The van der Waals surface area contributed by atoms with Gasteiger partial charge in [0.1, 0.15) is 0 Å². The molecule has 0 aromatic rings. The van der Waals surface area contributed by atoms with E-state index in [1.165, 1.54) is 6.42 Å². The van der Waals surface area contributed by atoms with Crippen LogP contribution >= 0.6 is 0 Å².